The number of fused-ring (bicyclic) bond motifs is 1. The van der Waals surface area contributed by atoms with Crippen LogP contribution in [0.1, 0.15) is 54.4 Å². The van der Waals surface area contributed by atoms with E-state index in [-0.39, 0.29) is 37.0 Å². The van der Waals surface area contributed by atoms with Crippen LogP contribution in [0.5, 0.6) is 0 Å². The smallest absolute Gasteiger partial charge is 0.312 e. The molecule has 0 saturated carbocycles. The zero-order valence-electron chi connectivity index (χ0n) is 18.2. The fourth-order valence-corrected chi connectivity index (χ4v) is 5.59. The Balaban J connectivity index is 2.11. The van der Waals surface area contributed by atoms with Crippen LogP contribution in [-0.2, 0) is 23.9 Å². The summed E-state index contributed by atoms with van der Waals surface area (Å²) >= 11 is 0. The van der Waals surface area contributed by atoms with Crippen molar-refractivity contribution in [3.05, 3.63) is 0 Å². The molecule has 3 aliphatic rings. The zero-order valence-corrected chi connectivity index (χ0v) is 18.2. The standard InChI is InChI=1S/C21H34N2O6/c1-7-28-19(27)15-14-18(26)23(13(10-24)11(2)3)16(17(25)22-12(4)5)21(14)9-8-20(15,6)29-21/h11-16,24H,7-10H2,1-6H3,(H,22,25)/t13-,14-,15-,16?,20+,21?/m0/s1. The number of nitrogens with zero attached hydrogens (tertiary/aromatic N) is 1. The van der Waals surface area contributed by atoms with Gasteiger partial charge in [-0.25, -0.2) is 0 Å². The number of carbonyl (C=O) groups is 3. The molecule has 164 valence electrons. The summed E-state index contributed by atoms with van der Waals surface area (Å²) in [7, 11) is 0. The molecule has 3 fully saturated rings. The van der Waals surface area contributed by atoms with E-state index in [9.17, 15) is 19.5 Å². The van der Waals surface area contributed by atoms with Crippen molar-refractivity contribution >= 4 is 17.8 Å². The first-order valence-corrected chi connectivity index (χ1v) is 10.6. The molecule has 3 heterocycles. The third kappa shape index (κ3) is 3.15. The predicted molar refractivity (Wildman–Crippen MR) is 105 cm³/mol. The second-order valence-corrected chi connectivity index (χ2v) is 9.38. The van der Waals surface area contributed by atoms with Gasteiger partial charge >= 0.3 is 5.97 Å². The maximum Gasteiger partial charge on any atom is 0.312 e. The van der Waals surface area contributed by atoms with Gasteiger partial charge in [-0.05, 0) is 46.5 Å². The molecule has 0 aliphatic carbocycles. The predicted octanol–water partition coefficient (Wildman–Crippen LogP) is 0.856. The summed E-state index contributed by atoms with van der Waals surface area (Å²) in [6.07, 6.45) is 1.09. The van der Waals surface area contributed by atoms with Crippen molar-refractivity contribution in [3.63, 3.8) is 0 Å². The van der Waals surface area contributed by atoms with E-state index in [1.807, 2.05) is 34.6 Å². The van der Waals surface area contributed by atoms with Crippen molar-refractivity contribution in [3.8, 4) is 0 Å². The second kappa shape index (κ2) is 7.54. The van der Waals surface area contributed by atoms with E-state index in [0.29, 0.717) is 12.8 Å². The highest BCUT2D eigenvalue weighted by atomic mass is 16.6. The number of esters is 1. The molecule has 3 rings (SSSR count). The second-order valence-electron chi connectivity index (χ2n) is 9.38. The number of carbonyl (C=O) groups excluding carboxylic acids is 3. The number of rotatable bonds is 7. The zero-order chi connectivity index (χ0) is 21.7. The van der Waals surface area contributed by atoms with Crippen LogP contribution in [0.4, 0.5) is 0 Å². The molecule has 8 nitrogen and oxygen atoms in total. The van der Waals surface area contributed by atoms with Crippen molar-refractivity contribution < 1.29 is 29.0 Å². The van der Waals surface area contributed by atoms with Gasteiger partial charge in [0.25, 0.3) is 0 Å². The number of hydrogen-bond acceptors (Lipinski definition) is 6. The topological polar surface area (TPSA) is 105 Å². The summed E-state index contributed by atoms with van der Waals surface area (Å²) in [6, 6.07) is -1.54. The first-order chi connectivity index (χ1) is 13.5. The Bertz CT molecular complexity index is 695. The highest BCUT2D eigenvalue weighted by Crippen LogP contribution is 2.63. The molecular formula is C21H34N2O6. The normalized spacial score (nSPS) is 36.7. The lowest BCUT2D eigenvalue weighted by molar-refractivity contribution is -0.160. The van der Waals surface area contributed by atoms with E-state index in [2.05, 4.69) is 5.32 Å². The van der Waals surface area contributed by atoms with Crippen molar-refractivity contribution in [1.29, 1.82) is 0 Å². The van der Waals surface area contributed by atoms with Gasteiger partial charge in [0.15, 0.2) is 0 Å². The monoisotopic (exact) mass is 410 g/mol. The maximum atomic E-state index is 13.7. The number of amides is 2. The molecule has 0 radical (unpaired) electrons. The molecule has 8 heteroatoms. The van der Waals surface area contributed by atoms with Crippen LogP contribution >= 0.6 is 0 Å². The number of nitrogens with one attached hydrogen (secondary N) is 1. The number of aliphatic hydroxyl groups excluding tert-OH is 1. The molecule has 3 aliphatic heterocycles. The molecule has 2 unspecified atom stereocenters. The maximum absolute atomic E-state index is 13.7. The van der Waals surface area contributed by atoms with E-state index in [0.717, 1.165) is 0 Å². The van der Waals surface area contributed by atoms with Gasteiger partial charge in [0.05, 0.1) is 30.8 Å². The summed E-state index contributed by atoms with van der Waals surface area (Å²) in [5.41, 5.74) is -1.91. The van der Waals surface area contributed by atoms with Crippen LogP contribution in [-0.4, -0.2) is 70.3 Å². The highest BCUT2D eigenvalue weighted by molar-refractivity contribution is 5.98. The minimum atomic E-state index is -1.08. The van der Waals surface area contributed by atoms with Gasteiger partial charge in [0.1, 0.15) is 17.6 Å². The first kappa shape index (κ1) is 22.0. The van der Waals surface area contributed by atoms with E-state index < -0.39 is 41.1 Å². The molecule has 6 atom stereocenters. The minimum absolute atomic E-state index is 0.0673. The van der Waals surface area contributed by atoms with Gasteiger partial charge in [-0.2, -0.15) is 0 Å². The van der Waals surface area contributed by atoms with Gasteiger partial charge in [0, 0.05) is 6.04 Å². The lowest BCUT2D eigenvalue weighted by Crippen LogP contribution is -2.59. The van der Waals surface area contributed by atoms with Crippen LogP contribution in [0.2, 0.25) is 0 Å². The van der Waals surface area contributed by atoms with Gasteiger partial charge in [-0.3, -0.25) is 14.4 Å². The third-order valence-electron chi connectivity index (χ3n) is 6.75. The van der Waals surface area contributed by atoms with Gasteiger partial charge < -0.3 is 24.8 Å². The summed E-state index contributed by atoms with van der Waals surface area (Å²) in [6.45, 7) is 11.0. The summed E-state index contributed by atoms with van der Waals surface area (Å²) in [5, 5.41) is 13.0. The Hall–Kier alpha value is -1.67. The van der Waals surface area contributed by atoms with E-state index in [4.69, 9.17) is 9.47 Å². The minimum Gasteiger partial charge on any atom is -0.466 e. The molecular weight excluding hydrogens is 376 g/mol. The average Bonchev–Trinajstić information content (AvgIpc) is 3.16. The molecule has 2 N–H and O–H groups in total. The average molecular weight is 411 g/mol. The SMILES string of the molecule is CCOC(=O)[C@@H]1[C@H]2C(=O)N([C@@H](CO)C(C)C)C(C(=O)NC(C)C)C23CC[C@@]1(C)O3. The van der Waals surface area contributed by atoms with Gasteiger partial charge in [0.2, 0.25) is 11.8 Å². The summed E-state index contributed by atoms with van der Waals surface area (Å²) in [5.74, 6) is -2.66. The quantitative estimate of drug-likeness (QED) is 0.603. The Morgan fingerprint density at radius 2 is 1.97 bits per heavy atom. The van der Waals surface area contributed by atoms with Crippen molar-refractivity contribution in [1.82, 2.24) is 10.2 Å². The van der Waals surface area contributed by atoms with Gasteiger partial charge in [-0.15, -0.1) is 0 Å². The number of hydrogen-bond donors (Lipinski definition) is 2. The van der Waals surface area contributed by atoms with E-state index in [1.165, 1.54) is 4.90 Å². The molecule has 2 bridgehead atoms. The number of ether oxygens (including phenoxy) is 2. The molecule has 0 aromatic heterocycles. The van der Waals surface area contributed by atoms with E-state index in [1.54, 1.807) is 6.92 Å². The number of aliphatic hydroxyl groups is 1. The molecule has 0 aromatic rings. The molecule has 29 heavy (non-hydrogen) atoms. The molecule has 1 spiro atoms. The van der Waals surface area contributed by atoms with Crippen LogP contribution in [0.25, 0.3) is 0 Å². The van der Waals surface area contributed by atoms with Crippen LogP contribution < -0.4 is 5.32 Å². The van der Waals surface area contributed by atoms with Crippen LogP contribution in [0, 0.1) is 17.8 Å². The number of likely N-dealkylation sites (tertiary alicyclic amines) is 1. The van der Waals surface area contributed by atoms with Crippen molar-refractivity contribution in [2.75, 3.05) is 13.2 Å². The Morgan fingerprint density at radius 1 is 1.31 bits per heavy atom. The highest BCUT2D eigenvalue weighted by Gasteiger charge is 2.78. The van der Waals surface area contributed by atoms with Gasteiger partial charge in [-0.1, -0.05) is 13.8 Å². The fraction of sp³-hybridized carbons (Fsp3) is 0.857. The summed E-state index contributed by atoms with van der Waals surface area (Å²) < 4.78 is 11.7. The van der Waals surface area contributed by atoms with E-state index >= 15 is 0 Å². The largest absolute Gasteiger partial charge is 0.466 e. The third-order valence-corrected chi connectivity index (χ3v) is 6.75. The molecule has 3 saturated heterocycles. The summed E-state index contributed by atoms with van der Waals surface area (Å²) in [4.78, 5) is 41.3. The lowest BCUT2D eigenvalue weighted by atomic mass is 9.66. The van der Waals surface area contributed by atoms with Crippen LogP contribution in [0.3, 0.4) is 0 Å². The Morgan fingerprint density at radius 3 is 2.48 bits per heavy atom. The van der Waals surface area contributed by atoms with Crippen molar-refractivity contribution in [2.45, 2.75) is 83.7 Å². The van der Waals surface area contributed by atoms with Crippen LogP contribution in [0.15, 0.2) is 0 Å². The molecule has 2 amide bonds. The fourth-order valence-electron chi connectivity index (χ4n) is 5.59. The Labute approximate surface area is 172 Å². The lowest BCUT2D eigenvalue weighted by Gasteiger charge is -2.38. The van der Waals surface area contributed by atoms with Crippen molar-refractivity contribution in [2.24, 2.45) is 17.8 Å². The Kier molecular flexibility index (Phi) is 5.73. The first-order valence-electron chi connectivity index (χ1n) is 10.6. The molecule has 0 aromatic carbocycles.